The van der Waals surface area contributed by atoms with Crippen molar-refractivity contribution < 1.29 is 89.4 Å². The number of ether oxygens (including phenoxy) is 6. The average molecular weight is 1380 g/mol. The van der Waals surface area contributed by atoms with E-state index in [-0.39, 0.29) is 18.9 Å². The first-order valence-corrected chi connectivity index (χ1v) is 39.9. The Morgan fingerprint density at radius 1 is 0.365 bits per heavy atom. The number of hydrogen-bond acceptors (Lipinski definition) is 18. The summed E-state index contributed by atoms with van der Waals surface area (Å²) < 4.78 is 34.5. The van der Waals surface area contributed by atoms with Crippen LogP contribution in [-0.2, 0) is 33.2 Å². The highest BCUT2D eigenvalue weighted by Gasteiger charge is 2.54. The lowest BCUT2D eigenvalue weighted by Gasteiger charge is -2.48. The fraction of sp³-hybridized carbons (Fsp3) is 0.961. The second kappa shape index (κ2) is 59.0. The van der Waals surface area contributed by atoms with Gasteiger partial charge in [-0.3, -0.25) is 4.79 Å². The minimum atomic E-state index is -1.98. The molecule has 3 heterocycles. The van der Waals surface area contributed by atoms with E-state index in [9.17, 15) is 61.0 Å². The molecule has 17 atom stereocenters. The Morgan fingerprint density at radius 3 is 0.979 bits per heavy atom. The monoisotopic (exact) mass is 1370 g/mol. The topological polar surface area (TPSA) is 307 Å². The average Bonchev–Trinajstić information content (AvgIpc) is 0.787. The van der Waals surface area contributed by atoms with Gasteiger partial charge < -0.3 is 89.9 Å². The van der Waals surface area contributed by atoms with Crippen molar-refractivity contribution in [3.63, 3.8) is 0 Å². The summed E-state index contributed by atoms with van der Waals surface area (Å²) in [5, 5.41) is 121. The van der Waals surface area contributed by atoms with Gasteiger partial charge in [0.25, 0.3) is 0 Å². The van der Waals surface area contributed by atoms with Crippen LogP contribution < -0.4 is 5.32 Å². The summed E-state index contributed by atoms with van der Waals surface area (Å²) >= 11 is 0. The Morgan fingerprint density at radius 2 is 0.646 bits per heavy atom. The maximum atomic E-state index is 13.5. The highest BCUT2D eigenvalue weighted by Crippen LogP contribution is 2.33. The number of unbranched alkanes of at least 4 members (excludes halogenated alkanes) is 48. The van der Waals surface area contributed by atoms with Crippen LogP contribution in [0.3, 0.4) is 0 Å². The van der Waals surface area contributed by atoms with Crippen molar-refractivity contribution in [1.29, 1.82) is 0 Å². The van der Waals surface area contributed by atoms with Gasteiger partial charge in [-0.05, 0) is 19.3 Å². The second-order valence-corrected chi connectivity index (χ2v) is 28.9. The van der Waals surface area contributed by atoms with Crippen molar-refractivity contribution in [1.82, 2.24) is 5.32 Å². The molecule has 0 aromatic carbocycles. The Bertz CT molecular complexity index is 1790. The van der Waals surface area contributed by atoms with Crippen LogP contribution in [0.15, 0.2) is 12.2 Å². The van der Waals surface area contributed by atoms with Gasteiger partial charge in [0, 0.05) is 6.42 Å². The molecular formula is C77H147NO18. The maximum Gasteiger partial charge on any atom is 0.220 e. The van der Waals surface area contributed by atoms with Crippen LogP contribution in [0.1, 0.15) is 341 Å². The first kappa shape index (κ1) is 88.7. The molecule has 3 aliphatic rings. The number of hydrogen-bond donors (Lipinski definition) is 12. The molecule has 0 spiro atoms. The summed E-state index contributed by atoms with van der Waals surface area (Å²) in [5.41, 5.74) is 0. The summed E-state index contributed by atoms with van der Waals surface area (Å²) in [5.74, 6) is -0.266. The molecule has 19 heteroatoms. The number of rotatable bonds is 64. The quantitative estimate of drug-likeness (QED) is 0.0199. The normalized spacial score (nSPS) is 27.0. The predicted octanol–water partition coefficient (Wildman–Crippen LogP) is 12.8. The minimum Gasteiger partial charge on any atom is -0.394 e. The molecule has 3 fully saturated rings. The molecule has 0 aromatic rings. The van der Waals surface area contributed by atoms with E-state index >= 15 is 0 Å². The highest BCUT2D eigenvalue weighted by atomic mass is 16.8. The van der Waals surface area contributed by atoms with Crippen LogP contribution in [0.5, 0.6) is 0 Å². The molecule has 12 N–H and O–H groups in total. The molecule has 0 saturated carbocycles. The Kier molecular flexibility index (Phi) is 54.5. The van der Waals surface area contributed by atoms with Crippen molar-refractivity contribution in [2.45, 2.75) is 446 Å². The molecule has 3 rings (SSSR count). The Hall–Kier alpha value is -1.47. The smallest absolute Gasteiger partial charge is 0.220 e. The van der Waals surface area contributed by atoms with E-state index in [1.807, 2.05) is 6.08 Å². The first-order chi connectivity index (χ1) is 46.8. The molecule has 0 radical (unpaired) electrons. The number of nitrogens with one attached hydrogen (secondary N) is 1. The van der Waals surface area contributed by atoms with Crippen LogP contribution in [0.2, 0.25) is 0 Å². The summed E-state index contributed by atoms with van der Waals surface area (Å²) in [6.45, 7) is 1.80. The molecule has 19 nitrogen and oxygen atoms in total. The summed E-state index contributed by atoms with van der Waals surface area (Å²) in [7, 11) is 0. The molecular weight excluding hydrogens is 1230 g/mol. The fourth-order valence-corrected chi connectivity index (χ4v) is 13.9. The molecule has 3 saturated heterocycles. The van der Waals surface area contributed by atoms with Crippen LogP contribution in [-0.4, -0.2) is 193 Å². The molecule has 568 valence electrons. The standard InChI is InChI=1S/C77H147NO18/c1-3-5-7-9-11-13-15-17-19-21-23-25-27-29-30-31-33-35-37-39-41-43-45-47-49-51-53-55-65(83)78-60(61(82)54-52-50-48-46-44-42-40-38-36-34-32-28-26-24-22-20-18-16-14-12-10-8-6-4-2)59-91-75-71(89)68(86)73(63(57-80)93-75)96-77-72(90)69(87)74(64(58-81)94-77)95-76-70(88)67(85)66(84)62(56-79)92-76/h52,54,60-64,66-77,79-82,84-90H,3-51,53,55-59H2,1-2H3,(H,78,83)/b54-52+. The second-order valence-electron chi connectivity index (χ2n) is 28.9. The lowest BCUT2D eigenvalue weighted by molar-refractivity contribution is -0.379. The van der Waals surface area contributed by atoms with Crippen molar-refractivity contribution in [2.24, 2.45) is 0 Å². The zero-order valence-electron chi connectivity index (χ0n) is 60.6. The fourth-order valence-electron chi connectivity index (χ4n) is 13.9. The molecule has 0 bridgehead atoms. The molecule has 0 aromatic heterocycles. The zero-order valence-corrected chi connectivity index (χ0v) is 60.6. The molecule has 1 amide bonds. The van der Waals surface area contributed by atoms with Crippen LogP contribution in [0.4, 0.5) is 0 Å². The number of carbonyl (C=O) groups excluding carboxylic acids is 1. The molecule has 17 unspecified atom stereocenters. The summed E-state index contributed by atoms with van der Waals surface area (Å²) in [6, 6.07) is -0.970. The van der Waals surface area contributed by atoms with Crippen molar-refractivity contribution in [3.8, 4) is 0 Å². The van der Waals surface area contributed by atoms with Crippen molar-refractivity contribution >= 4 is 5.91 Å². The van der Waals surface area contributed by atoms with Gasteiger partial charge in [0.05, 0.1) is 38.6 Å². The van der Waals surface area contributed by atoms with E-state index < -0.39 is 124 Å². The number of allylic oxidation sites excluding steroid dienone is 1. The largest absolute Gasteiger partial charge is 0.394 e. The Balaban J connectivity index is 1.38. The molecule has 0 aliphatic carbocycles. The van der Waals surface area contributed by atoms with Crippen LogP contribution in [0, 0.1) is 0 Å². The highest BCUT2D eigenvalue weighted by molar-refractivity contribution is 5.76. The third-order valence-corrected chi connectivity index (χ3v) is 20.3. The van der Waals surface area contributed by atoms with Crippen molar-refractivity contribution in [2.75, 3.05) is 26.4 Å². The number of carbonyl (C=O) groups is 1. The summed E-state index contributed by atoms with van der Waals surface area (Å²) in [4.78, 5) is 13.5. The zero-order chi connectivity index (χ0) is 69.6. The van der Waals surface area contributed by atoms with E-state index in [0.717, 1.165) is 44.9 Å². The van der Waals surface area contributed by atoms with Crippen molar-refractivity contribution in [3.05, 3.63) is 12.2 Å². The van der Waals surface area contributed by atoms with Gasteiger partial charge in [-0.1, -0.05) is 328 Å². The van der Waals surface area contributed by atoms with E-state index in [2.05, 4.69) is 19.2 Å². The van der Waals surface area contributed by atoms with Gasteiger partial charge in [0.2, 0.25) is 5.91 Å². The SMILES string of the molecule is CCCCCCCCCCCCCCCCCCCCCCCC/C=C/C(O)C(COC1OC(CO)C(OC2OC(CO)C(OC3OC(CO)C(O)C(O)C3O)C(O)C2O)C(O)C1O)NC(=O)CCCCCCCCCCCCCCCCCCCCCCCCCCCCC. The van der Waals surface area contributed by atoms with E-state index in [1.54, 1.807) is 6.08 Å². The third kappa shape index (κ3) is 39.3. The predicted molar refractivity (Wildman–Crippen MR) is 379 cm³/mol. The number of amides is 1. The number of aliphatic hydroxyl groups is 11. The van der Waals surface area contributed by atoms with Gasteiger partial charge >= 0.3 is 0 Å². The van der Waals surface area contributed by atoms with E-state index in [1.165, 1.54) is 270 Å². The lowest BCUT2D eigenvalue weighted by Crippen LogP contribution is -2.66. The molecule has 96 heavy (non-hydrogen) atoms. The minimum absolute atomic E-state index is 0.250. The van der Waals surface area contributed by atoms with Gasteiger partial charge in [-0.2, -0.15) is 0 Å². The number of aliphatic hydroxyl groups excluding tert-OH is 11. The maximum absolute atomic E-state index is 13.5. The van der Waals surface area contributed by atoms with Gasteiger partial charge in [0.1, 0.15) is 73.2 Å². The first-order valence-electron chi connectivity index (χ1n) is 39.9. The van der Waals surface area contributed by atoms with Crippen LogP contribution >= 0.6 is 0 Å². The third-order valence-electron chi connectivity index (χ3n) is 20.3. The van der Waals surface area contributed by atoms with Crippen LogP contribution in [0.25, 0.3) is 0 Å². The van der Waals surface area contributed by atoms with Gasteiger partial charge in [-0.15, -0.1) is 0 Å². The summed E-state index contributed by atoms with van der Waals surface area (Å²) in [6.07, 6.45) is 42.0. The Labute approximate surface area is 582 Å². The van der Waals surface area contributed by atoms with E-state index in [4.69, 9.17) is 28.4 Å². The van der Waals surface area contributed by atoms with Gasteiger partial charge in [-0.25, -0.2) is 0 Å². The van der Waals surface area contributed by atoms with Gasteiger partial charge in [0.15, 0.2) is 18.9 Å². The lowest BCUT2D eigenvalue weighted by atomic mass is 9.96. The van der Waals surface area contributed by atoms with E-state index in [0.29, 0.717) is 6.42 Å². The molecule has 3 aliphatic heterocycles.